The van der Waals surface area contributed by atoms with Crippen molar-refractivity contribution in [3.8, 4) is 11.4 Å². The van der Waals surface area contributed by atoms with Crippen molar-refractivity contribution >= 4 is 39.9 Å². The number of rotatable bonds is 10. The van der Waals surface area contributed by atoms with Crippen LogP contribution in [0.5, 0.6) is 0 Å². The molecule has 1 aliphatic carbocycles. The third-order valence-electron chi connectivity index (χ3n) is 6.58. The van der Waals surface area contributed by atoms with Crippen molar-refractivity contribution in [3.05, 3.63) is 94.4 Å². The van der Waals surface area contributed by atoms with Crippen molar-refractivity contribution in [1.29, 1.82) is 0 Å². The van der Waals surface area contributed by atoms with Crippen LogP contribution < -0.4 is 10.6 Å². The number of nitrogens with one attached hydrogen (secondary N) is 2. The summed E-state index contributed by atoms with van der Waals surface area (Å²) >= 11 is 2.85. The second kappa shape index (κ2) is 12.4. The molecule has 0 bridgehead atoms. The predicted molar refractivity (Wildman–Crippen MR) is 158 cm³/mol. The van der Waals surface area contributed by atoms with Crippen LogP contribution in [-0.4, -0.2) is 32.3 Å². The minimum absolute atomic E-state index is 0.144. The number of allylic oxidation sites excluding steroid dienone is 1. The molecule has 2 heterocycles. The molecule has 200 valence electrons. The van der Waals surface area contributed by atoms with Gasteiger partial charge < -0.3 is 10.6 Å². The second-order valence-electron chi connectivity index (χ2n) is 9.50. The minimum Gasteiger partial charge on any atom is -0.348 e. The number of nitrogens with zero attached hydrogens (tertiary/aromatic N) is 3. The fourth-order valence-electron chi connectivity index (χ4n) is 4.74. The van der Waals surface area contributed by atoms with Gasteiger partial charge in [-0.1, -0.05) is 71.9 Å². The molecular formula is C30H31N5O2S2. The molecule has 0 unspecified atom stereocenters. The largest absolute Gasteiger partial charge is 0.348 e. The molecular weight excluding hydrogens is 526 g/mol. The summed E-state index contributed by atoms with van der Waals surface area (Å²) in [5.41, 5.74) is 4.83. The predicted octanol–water partition coefficient (Wildman–Crippen LogP) is 6.04. The lowest BCUT2D eigenvalue weighted by Gasteiger charge is -2.13. The average Bonchev–Trinajstić information content (AvgIpc) is 3.52. The molecule has 2 N–H and O–H groups in total. The summed E-state index contributed by atoms with van der Waals surface area (Å²) in [4.78, 5) is 27.6. The number of amides is 2. The van der Waals surface area contributed by atoms with Crippen LogP contribution in [0, 0.1) is 6.92 Å². The number of thioether (sulfide) groups is 1. The second-order valence-corrected chi connectivity index (χ2v) is 11.5. The quantitative estimate of drug-likeness (QED) is 0.183. The zero-order valence-electron chi connectivity index (χ0n) is 21.9. The lowest BCUT2D eigenvalue weighted by atomic mass is 9.95. The number of benzene rings is 2. The van der Waals surface area contributed by atoms with E-state index in [2.05, 4.69) is 33.5 Å². The summed E-state index contributed by atoms with van der Waals surface area (Å²) in [6.45, 7) is 6.88. The first-order valence-corrected chi connectivity index (χ1v) is 14.8. The van der Waals surface area contributed by atoms with E-state index in [1.165, 1.54) is 28.0 Å². The summed E-state index contributed by atoms with van der Waals surface area (Å²) in [7, 11) is 0. The Labute approximate surface area is 236 Å². The van der Waals surface area contributed by atoms with E-state index in [4.69, 9.17) is 0 Å². The Morgan fingerprint density at radius 1 is 1.10 bits per heavy atom. The van der Waals surface area contributed by atoms with Crippen LogP contribution in [0.4, 0.5) is 5.00 Å². The topological polar surface area (TPSA) is 88.9 Å². The summed E-state index contributed by atoms with van der Waals surface area (Å²) in [5.74, 6) is 0.567. The van der Waals surface area contributed by atoms with Crippen molar-refractivity contribution in [3.63, 3.8) is 0 Å². The van der Waals surface area contributed by atoms with E-state index in [0.29, 0.717) is 28.8 Å². The zero-order valence-corrected chi connectivity index (χ0v) is 23.5. The Kier molecular flexibility index (Phi) is 8.58. The van der Waals surface area contributed by atoms with Gasteiger partial charge >= 0.3 is 0 Å². The van der Waals surface area contributed by atoms with E-state index in [1.54, 1.807) is 6.08 Å². The maximum absolute atomic E-state index is 13.3. The van der Waals surface area contributed by atoms with Gasteiger partial charge in [0.2, 0.25) is 5.91 Å². The first-order chi connectivity index (χ1) is 19.0. The molecule has 0 saturated heterocycles. The molecule has 0 fully saturated rings. The van der Waals surface area contributed by atoms with Crippen molar-refractivity contribution in [1.82, 2.24) is 20.1 Å². The normalized spacial score (nSPS) is 12.5. The lowest BCUT2D eigenvalue weighted by Crippen LogP contribution is -2.25. The van der Waals surface area contributed by atoms with Gasteiger partial charge in [0, 0.05) is 23.5 Å². The summed E-state index contributed by atoms with van der Waals surface area (Å²) in [5, 5.41) is 16.1. The Balaban J connectivity index is 1.30. The van der Waals surface area contributed by atoms with Crippen LogP contribution in [0.15, 0.2) is 72.4 Å². The van der Waals surface area contributed by atoms with Crippen LogP contribution in [0.2, 0.25) is 0 Å². The number of hydrogen-bond donors (Lipinski definition) is 2. The summed E-state index contributed by atoms with van der Waals surface area (Å²) in [6.07, 6.45) is 5.74. The first-order valence-electron chi connectivity index (χ1n) is 13.0. The SMILES string of the molecule is C=CCn1c(SCC(=O)Nc2sc3c(c2C(=O)NCc2ccccc2)CCCC3)nnc1-c1cccc(C)c1. The van der Waals surface area contributed by atoms with Gasteiger partial charge in [0.15, 0.2) is 11.0 Å². The van der Waals surface area contributed by atoms with Crippen LogP contribution in [0.25, 0.3) is 11.4 Å². The van der Waals surface area contributed by atoms with E-state index in [9.17, 15) is 9.59 Å². The average molecular weight is 558 g/mol. The maximum atomic E-state index is 13.3. The highest BCUT2D eigenvalue weighted by Crippen LogP contribution is 2.38. The van der Waals surface area contributed by atoms with Gasteiger partial charge in [-0.15, -0.1) is 28.1 Å². The number of aromatic nitrogens is 3. The molecule has 4 aromatic rings. The molecule has 7 nitrogen and oxygen atoms in total. The van der Waals surface area contributed by atoms with E-state index in [1.807, 2.05) is 60.0 Å². The number of carbonyl (C=O) groups excluding carboxylic acids is 2. The lowest BCUT2D eigenvalue weighted by molar-refractivity contribution is -0.113. The Morgan fingerprint density at radius 2 is 1.92 bits per heavy atom. The Bertz CT molecular complexity index is 1490. The van der Waals surface area contributed by atoms with Gasteiger partial charge in [0.1, 0.15) is 5.00 Å². The van der Waals surface area contributed by atoms with Gasteiger partial charge in [-0.3, -0.25) is 14.2 Å². The molecule has 0 radical (unpaired) electrons. The van der Waals surface area contributed by atoms with E-state index < -0.39 is 0 Å². The summed E-state index contributed by atoms with van der Waals surface area (Å²) in [6, 6.07) is 17.9. The molecule has 9 heteroatoms. The van der Waals surface area contributed by atoms with Crippen molar-refractivity contribution in [2.45, 2.75) is 50.9 Å². The maximum Gasteiger partial charge on any atom is 0.254 e. The molecule has 2 aromatic heterocycles. The molecule has 5 rings (SSSR count). The fourth-order valence-corrected chi connectivity index (χ4v) is 6.79. The van der Waals surface area contributed by atoms with Crippen LogP contribution >= 0.6 is 23.1 Å². The molecule has 0 aliphatic heterocycles. The van der Waals surface area contributed by atoms with Gasteiger partial charge in [0.25, 0.3) is 5.91 Å². The highest BCUT2D eigenvalue weighted by atomic mass is 32.2. The molecule has 39 heavy (non-hydrogen) atoms. The Morgan fingerprint density at radius 3 is 2.72 bits per heavy atom. The molecule has 0 saturated carbocycles. The highest BCUT2D eigenvalue weighted by Gasteiger charge is 2.26. The van der Waals surface area contributed by atoms with Gasteiger partial charge in [0.05, 0.1) is 11.3 Å². The Hall–Kier alpha value is -3.69. The van der Waals surface area contributed by atoms with Crippen LogP contribution in [0.3, 0.4) is 0 Å². The van der Waals surface area contributed by atoms with Crippen molar-refractivity contribution in [2.75, 3.05) is 11.1 Å². The minimum atomic E-state index is -0.180. The van der Waals surface area contributed by atoms with Gasteiger partial charge in [-0.25, -0.2) is 0 Å². The van der Waals surface area contributed by atoms with Crippen LogP contribution in [-0.2, 0) is 30.7 Å². The summed E-state index contributed by atoms with van der Waals surface area (Å²) < 4.78 is 1.96. The number of fused-ring (bicyclic) bond motifs is 1. The highest BCUT2D eigenvalue weighted by molar-refractivity contribution is 7.99. The van der Waals surface area contributed by atoms with Crippen molar-refractivity contribution < 1.29 is 9.59 Å². The number of aryl methyl sites for hydroxylation is 2. The number of thiophene rings is 1. The third kappa shape index (κ3) is 6.32. The molecule has 2 aromatic carbocycles. The number of hydrogen-bond acceptors (Lipinski definition) is 6. The first kappa shape index (κ1) is 26.9. The number of carbonyl (C=O) groups is 2. The standard InChI is InChI=1S/C30H31N5O2S2/c1-3-16-35-27(22-13-9-10-20(2)17-22)33-34-30(35)38-19-25(36)32-29-26(23-14-7-8-15-24(23)39-29)28(37)31-18-21-11-5-4-6-12-21/h3-6,9-13,17H,1,7-8,14-16,18-19H2,2H3,(H,31,37)(H,32,36). The molecule has 0 atom stereocenters. The number of anilines is 1. The van der Waals surface area contributed by atoms with Crippen LogP contribution in [0.1, 0.15) is 44.8 Å². The van der Waals surface area contributed by atoms with Gasteiger partial charge in [-0.05, 0) is 49.8 Å². The third-order valence-corrected chi connectivity index (χ3v) is 8.76. The zero-order chi connectivity index (χ0) is 27.2. The van der Waals surface area contributed by atoms with E-state index >= 15 is 0 Å². The van der Waals surface area contributed by atoms with E-state index in [-0.39, 0.29) is 17.6 Å². The fraction of sp³-hybridized carbons (Fsp3) is 0.267. The van der Waals surface area contributed by atoms with Gasteiger partial charge in [-0.2, -0.15) is 0 Å². The monoisotopic (exact) mass is 557 g/mol. The molecule has 2 amide bonds. The van der Waals surface area contributed by atoms with E-state index in [0.717, 1.165) is 53.8 Å². The smallest absolute Gasteiger partial charge is 0.254 e. The molecule has 0 spiro atoms. The van der Waals surface area contributed by atoms with Crippen molar-refractivity contribution in [2.24, 2.45) is 0 Å². The molecule has 1 aliphatic rings.